The third-order valence-corrected chi connectivity index (χ3v) is 5.90. The fourth-order valence-corrected chi connectivity index (χ4v) is 4.62. The average Bonchev–Trinajstić information content (AvgIpc) is 2.84. The van der Waals surface area contributed by atoms with Gasteiger partial charge in [-0.3, -0.25) is 0 Å². The van der Waals surface area contributed by atoms with E-state index in [0.29, 0.717) is 11.8 Å². The van der Waals surface area contributed by atoms with Crippen LogP contribution in [0.3, 0.4) is 0 Å². The Labute approximate surface area is 109 Å². The third-order valence-electron chi connectivity index (χ3n) is 4.66. The van der Waals surface area contributed by atoms with Crippen molar-refractivity contribution in [1.82, 2.24) is 0 Å². The van der Waals surface area contributed by atoms with Crippen LogP contribution in [-0.2, 0) is 0 Å². The highest BCUT2D eigenvalue weighted by molar-refractivity contribution is 7.99. The monoisotopic (exact) mass is 253 g/mol. The van der Waals surface area contributed by atoms with Crippen LogP contribution in [0, 0.1) is 28.6 Å². The van der Waals surface area contributed by atoms with Crippen LogP contribution in [-0.4, -0.2) is 22.7 Å². The van der Waals surface area contributed by atoms with Gasteiger partial charge < -0.3 is 5.11 Å². The average molecular weight is 253 g/mol. The van der Waals surface area contributed by atoms with Gasteiger partial charge in [-0.2, -0.15) is 17.0 Å². The molecule has 4 atom stereocenters. The number of thioether (sulfide) groups is 1. The fraction of sp³-hybridized carbons (Fsp3) is 0.929. The number of hydrogen-bond donors (Lipinski definition) is 1. The first kappa shape index (κ1) is 13.2. The van der Waals surface area contributed by atoms with Gasteiger partial charge in [0.15, 0.2) is 0 Å². The molecule has 0 aromatic rings. The van der Waals surface area contributed by atoms with Crippen LogP contribution in [0.15, 0.2) is 0 Å². The third kappa shape index (κ3) is 2.63. The molecule has 1 heterocycles. The van der Waals surface area contributed by atoms with Crippen LogP contribution in [0.2, 0.25) is 0 Å². The second-order valence-corrected chi connectivity index (χ2v) is 6.86. The summed E-state index contributed by atoms with van der Waals surface area (Å²) in [5.74, 6) is 3.27. The molecule has 0 spiro atoms. The first-order valence-electron chi connectivity index (χ1n) is 6.89. The zero-order valence-corrected chi connectivity index (χ0v) is 11.5. The van der Waals surface area contributed by atoms with E-state index >= 15 is 0 Å². The van der Waals surface area contributed by atoms with Crippen molar-refractivity contribution in [1.29, 1.82) is 5.26 Å². The van der Waals surface area contributed by atoms with E-state index < -0.39 is 11.5 Å². The minimum atomic E-state index is -0.427. The molecule has 0 radical (unpaired) electrons. The summed E-state index contributed by atoms with van der Waals surface area (Å²) in [7, 11) is 0. The van der Waals surface area contributed by atoms with Crippen molar-refractivity contribution < 1.29 is 5.11 Å². The lowest BCUT2D eigenvalue weighted by Crippen LogP contribution is -2.40. The smallest absolute Gasteiger partial charge is 0.0838 e. The topological polar surface area (TPSA) is 44.0 Å². The summed E-state index contributed by atoms with van der Waals surface area (Å²) in [5, 5.41) is 20.1. The standard InChI is InChI=1S/C14H23NOS/c1-2-11-5-6-14(8-11,10-15)13(16)12-4-3-7-17-9-12/h11-13,16H,2-9H2,1H3. The molecular formula is C14H23NOS. The zero-order chi connectivity index (χ0) is 12.3. The lowest BCUT2D eigenvalue weighted by atomic mass is 9.74. The largest absolute Gasteiger partial charge is 0.391 e. The van der Waals surface area contributed by atoms with Crippen molar-refractivity contribution in [3.63, 3.8) is 0 Å². The van der Waals surface area contributed by atoms with E-state index in [0.717, 1.165) is 37.9 Å². The van der Waals surface area contributed by atoms with Gasteiger partial charge in [0.25, 0.3) is 0 Å². The van der Waals surface area contributed by atoms with Gasteiger partial charge in [0.05, 0.1) is 17.6 Å². The molecule has 1 aliphatic heterocycles. The van der Waals surface area contributed by atoms with Crippen LogP contribution in [0.5, 0.6) is 0 Å². The number of hydrogen-bond acceptors (Lipinski definition) is 3. The quantitative estimate of drug-likeness (QED) is 0.840. The highest BCUT2D eigenvalue weighted by Gasteiger charge is 2.47. The molecule has 0 aromatic heterocycles. The predicted molar refractivity (Wildman–Crippen MR) is 71.7 cm³/mol. The van der Waals surface area contributed by atoms with Crippen LogP contribution in [0.4, 0.5) is 0 Å². The van der Waals surface area contributed by atoms with E-state index in [1.165, 1.54) is 12.2 Å². The number of rotatable bonds is 3. The van der Waals surface area contributed by atoms with E-state index in [1.54, 1.807) is 0 Å². The Morgan fingerprint density at radius 3 is 2.88 bits per heavy atom. The van der Waals surface area contributed by atoms with Crippen LogP contribution < -0.4 is 0 Å². The molecule has 1 N–H and O–H groups in total. The number of nitriles is 1. The van der Waals surface area contributed by atoms with Gasteiger partial charge in [0.2, 0.25) is 0 Å². The fourth-order valence-electron chi connectivity index (χ4n) is 3.43. The van der Waals surface area contributed by atoms with E-state index in [2.05, 4.69) is 13.0 Å². The summed E-state index contributed by atoms with van der Waals surface area (Å²) in [6.07, 6.45) is 6.01. The second-order valence-electron chi connectivity index (χ2n) is 5.71. The van der Waals surface area contributed by atoms with Crippen molar-refractivity contribution in [3.05, 3.63) is 0 Å². The predicted octanol–water partition coefficient (Wildman–Crippen LogP) is 3.21. The molecule has 0 bridgehead atoms. The number of aliphatic hydroxyl groups excluding tert-OH is 1. The molecule has 1 saturated carbocycles. The molecule has 96 valence electrons. The van der Waals surface area contributed by atoms with Crippen molar-refractivity contribution in [2.75, 3.05) is 11.5 Å². The van der Waals surface area contributed by atoms with Crippen molar-refractivity contribution >= 4 is 11.8 Å². The van der Waals surface area contributed by atoms with Gasteiger partial charge in [-0.1, -0.05) is 13.3 Å². The van der Waals surface area contributed by atoms with Crippen LogP contribution >= 0.6 is 11.8 Å². The summed E-state index contributed by atoms with van der Waals surface area (Å²) in [6.45, 7) is 2.20. The maximum Gasteiger partial charge on any atom is 0.0838 e. The first-order chi connectivity index (χ1) is 8.22. The lowest BCUT2D eigenvalue weighted by Gasteiger charge is -2.35. The van der Waals surface area contributed by atoms with E-state index in [-0.39, 0.29) is 0 Å². The summed E-state index contributed by atoms with van der Waals surface area (Å²) >= 11 is 1.94. The Morgan fingerprint density at radius 2 is 2.35 bits per heavy atom. The number of aliphatic hydroxyl groups is 1. The number of nitrogens with zero attached hydrogens (tertiary/aromatic N) is 1. The van der Waals surface area contributed by atoms with Crippen LogP contribution in [0.1, 0.15) is 45.4 Å². The first-order valence-corrected chi connectivity index (χ1v) is 8.04. The Morgan fingerprint density at radius 1 is 1.53 bits per heavy atom. The SMILES string of the molecule is CCC1CCC(C#N)(C(O)C2CCCSC2)C1. The Balaban J connectivity index is 2.05. The zero-order valence-electron chi connectivity index (χ0n) is 10.7. The second kappa shape index (κ2) is 5.63. The highest BCUT2D eigenvalue weighted by Crippen LogP contribution is 2.48. The molecule has 2 fully saturated rings. The van der Waals surface area contributed by atoms with Gasteiger partial charge >= 0.3 is 0 Å². The van der Waals surface area contributed by atoms with Gasteiger partial charge in [0.1, 0.15) is 0 Å². The molecule has 1 aliphatic carbocycles. The van der Waals surface area contributed by atoms with Crippen LogP contribution in [0.25, 0.3) is 0 Å². The van der Waals surface area contributed by atoms with E-state index in [1.807, 2.05) is 11.8 Å². The molecule has 0 amide bonds. The maximum absolute atomic E-state index is 10.6. The molecule has 2 nitrogen and oxygen atoms in total. The summed E-state index contributed by atoms with van der Waals surface area (Å²) < 4.78 is 0. The molecule has 4 unspecified atom stereocenters. The summed E-state index contributed by atoms with van der Waals surface area (Å²) in [6, 6.07) is 2.48. The normalized spacial score (nSPS) is 39.8. The summed E-state index contributed by atoms with van der Waals surface area (Å²) in [5.41, 5.74) is -0.427. The minimum Gasteiger partial charge on any atom is -0.391 e. The summed E-state index contributed by atoms with van der Waals surface area (Å²) in [4.78, 5) is 0. The maximum atomic E-state index is 10.6. The molecule has 1 saturated heterocycles. The van der Waals surface area contributed by atoms with Crippen molar-refractivity contribution in [3.8, 4) is 6.07 Å². The van der Waals surface area contributed by atoms with Gasteiger partial charge in [-0.25, -0.2) is 0 Å². The Hall–Kier alpha value is -0.200. The van der Waals surface area contributed by atoms with E-state index in [4.69, 9.17) is 0 Å². The molecule has 0 aromatic carbocycles. The highest BCUT2D eigenvalue weighted by atomic mass is 32.2. The molecule has 2 aliphatic rings. The molecule has 2 rings (SSSR count). The molecule has 3 heteroatoms. The van der Waals surface area contributed by atoms with Crippen molar-refractivity contribution in [2.45, 2.75) is 51.6 Å². The molecule has 17 heavy (non-hydrogen) atoms. The Kier molecular flexibility index (Phi) is 4.38. The van der Waals surface area contributed by atoms with Crippen molar-refractivity contribution in [2.24, 2.45) is 17.3 Å². The minimum absolute atomic E-state index is 0.351. The van der Waals surface area contributed by atoms with E-state index in [9.17, 15) is 10.4 Å². The Bertz CT molecular complexity index is 295. The molecular weight excluding hydrogens is 230 g/mol. The van der Waals surface area contributed by atoms with Gasteiger partial charge in [0, 0.05) is 0 Å². The van der Waals surface area contributed by atoms with Gasteiger partial charge in [-0.15, -0.1) is 0 Å². The lowest BCUT2D eigenvalue weighted by molar-refractivity contribution is 0.0177. The van der Waals surface area contributed by atoms with Gasteiger partial charge in [-0.05, 0) is 55.4 Å².